The van der Waals surface area contributed by atoms with Gasteiger partial charge in [0.25, 0.3) is 5.89 Å². The summed E-state index contributed by atoms with van der Waals surface area (Å²) in [6, 6.07) is 13.4. The van der Waals surface area contributed by atoms with Gasteiger partial charge < -0.3 is 9.26 Å². The minimum Gasteiger partial charge on any atom is -0.485 e. The summed E-state index contributed by atoms with van der Waals surface area (Å²) in [6.07, 6.45) is 0. The number of hydrogen-bond acceptors (Lipinski definition) is 4. The summed E-state index contributed by atoms with van der Waals surface area (Å²) in [7, 11) is 0. The van der Waals surface area contributed by atoms with Crippen LogP contribution in [0.15, 0.2) is 47.0 Å². The first kappa shape index (κ1) is 14.6. The number of ether oxygens (including phenoxy) is 1. The maximum atomic E-state index is 5.98. The molecule has 0 aliphatic carbocycles. The van der Waals surface area contributed by atoms with Crippen LogP contribution in [0, 0.1) is 13.8 Å². The first-order valence-electron chi connectivity index (χ1n) is 6.90. The van der Waals surface area contributed by atoms with Crippen LogP contribution < -0.4 is 4.74 Å². The van der Waals surface area contributed by atoms with Crippen molar-refractivity contribution in [1.82, 2.24) is 10.1 Å². The lowest BCUT2D eigenvalue weighted by atomic mass is 10.1. The first-order chi connectivity index (χ1) is 10.6. The third-order valence-corrected chi connectivity index (χ3v) is 3.69. The van der Waals surface area contributed by atoms with Crippen LogP contribution in [-0.2, 0) is 6.61 Å². The van der Waals surface area contributed by atoms with Crippen LogP contribution in [0.3, 0.4) is 0 Å². The van der Waals surface area contributed by atoms with Gasteiger partial charge in [0.1, 0.15) is 5.75 Å². The molecule has 0 saturated carbocycles. The molecule has 0 radical (unpaired) electrons. The molecule has 3 aromatic rings. The second kappa shape index (κ2) is 6.20. The average molecular weight is 315 g/mol. The van der Waals surface area contributed by atoms with Gasteiger partial charge in [-0.2, -0.15) is 4.98 Å². The highest BCUT2D eigenvalue weighted by Gasteiger charge is 2.09. The molecule has 5 heteroatoms. The second-order valence-corrected chi connectivity index (χ2v) is 5.49. The minimum absolute atomic E-state index is 0.246. The molecule has 1 heterocycles. The fourth-order valence-corrected chi connectivity index (χ4v) is 2.10. The highest BCUT2D eigenvalue weighted by atomic mass is 35.5. The summed E-state index contributed by atoms with van der Waals surface area (Å²) in [5, 5.41) is 4.65. The molecule has 22 heavy (non-hydrogen) atoms. The molecule has 0 saturated heterocycles. The van der Waals surface area contributed by atoms with Crippen LogP contribution in [0.1, 0.15) is 17.0 Å². The van der Waals surface area contributed by atoms with Crippen LogP contribution in [-0.4, -0.2) is 10.1 Å². The van der Waals surface area contributed by atoms with Crippen molar-refractivity contribution >= 4 is 11.6 Å². The number of benzene rings is 2. The molecule has 0 fully saturated rings. The van der Waals surface area contributed by atoms with Crippen LogP contribution in [0.4, 0.5) is 0 Å². The van der Waals surface area contributed by atoms with Gasteiger partial charge in [-0.1, -0.05) is 34.5 Å². The highest BCUT2D eigenvalue weighted by Crippen LogP contribution is 2.22. The fourth-order valence-electron chi connectivity index (χ4n) is 1.98. The van der Waals surface area contributed by atoms with Gasteiger partial charge in [0.2, 0.25) is 5.82 Å². The van der Waals surface area contributed by atoms with Gasteiger partial charge >= 0.3 is 0 Å². The molecule has 3 rings (SSSR count). The van der Waals surface area contributed by atoms with E-state index in [0.717, 1.165) is 16.9 Å². The van der Waals surface area contributed by atoms with Crippen LogP contribution in [0.2, 0.25) is 5.02 Å². The summed E-state index contributed by atoms with van der Waals surface area (Å²) in [4.78, 5) is 4.34. The van der Waals surface area contributed by atoms with E-state index in [1.807, 2.05) is 50.2 Å². The topological polar surface area (TPSA) is 48.2 Å². The van der Waals surface area contributed by atoms with Gasteiger partial charge in [0.05, 0.1) is 0 Å². The van der Waals surface area contributed by atoms with Crippen molar-refractivity contribution in [1.29, 1.82) is 0 Å². The van der Waals surface area contributed by atoms with Gasteiger partial charge in [-0.15, -0.1) is 0 Å². The quantitative estimate of drug-likeness (QED) is 0.707. The predicted octanol–water partition coefficient (Wildman–Crippen LogP) is 4.59. The Morgan fingerprint density at radius 1 is 1.09 bits per heavy atom. The van der Waals surface area contributed by atoms with E-state index in [-0.39, 0.29) is 6.61 Å². The van der Waals surface area contributed by atoms with Gasteiger partial charge in [-0.05, 0) is 49.7 Å². The molecule has 1 aromatic heterocycles. The molecule has 0 aliphatic heterocycles. The Morgan fingerprint density at radius 3 is 2.59 bits per heavy atom. The molecule has 0 aliphatic rings. The first-order valence-corrected chi connectivity index (χ1v) is 7.28. The number of halogens is 1. The standard InChI is InChI=1S/C17H15ClN2O2/c1-11-3-5-13(6-4-11)17-19-16(20-22-17)10-21-14-7-8-15(18)12(2)9-14/h3-9H,10H2,1-2H3. The molecule has 112 valence electrons. The molecule has 0 bridgehead atoms. The Hall–Kier alpha value is -2.33. The third-order valence-electron chi connectivity index (χ3n) is 3.26. The van der Waals surface area contributed by atoms with Crippen molar-refractivity contribution in [2.75, 3.05) is 0 Å². The van der Waals surface area contributed by atoms with Crippen LogP contribution in [0.25, 0.3) is 11.5 Å². The van der Waals surface area contributed by atoms with Crippen molar-refractivity contribution in [3.8, 4) is 17.2 Å². The predicted molar refractivity (Wildman–Crippen MR) is 85.0 cm³/mol. The molecule has 0 unspecified atom stereocenters. The van der Waals surface area contributed by atoms with Crippen molar-refractivity contribution in [2.24, 2.45) is 0 Å². The lowest BCUT2D eigenvalue weighted by Crippen LogP contribution is -1.97. The summed E-state index contributed by atoms with van der Waals surface area (Å²) >= 11 is 5.98. The Balaban J connectivity index is 1.69. The largest absolute Gasteiger partial charge is 0.485 e. The average Bonchev–Trinajstić information content (AvgIpc) is 2.98. The molecule has 4 nitrogen and oxygen atoms in total. The number of rotatable bonds is 4. The zero-order valence-electron chi connectivity index (χ0n) is 12.3. The van der Waals surface area contributed by atoms with Crippen LogP contribution in [0.5, 0.6) is 5.75 Å². The molecule has 0 atom stereocenters. The third kappa shape index (κ3) is 3.28. The van der Waals surface area contributed by atoms with E-state index < -0.39 is 0 Å². The molecular weight excluding hydrogens is 300 g/mol. The normalized spacial score (nSPS) is 10.7. The maximum absolute atomic E-state index is 5.98. The maximum Gasteiger partial charge on any atom is 0.258 e. The molecular formula is C17H15ClN2O2. The Kier molecular flexibility index (Phi) is 4.11. The van der Waals surface area contributed by atoms with Crippen molar-refractivity contribution < 1.29 is 9.26 Å². The summed E-state index contributed by atoms with van der Waals surface area (Å²) in [5.74, 6) is 1.72. The zero-order chi connectivity index (χ0) is 15.5. The van der Waals surface area contributed by atoms with E-state index in [0.29, 0.717) is 16.7 Å². The van der Waals surface area contributed by atoms with Gasteiger partial charge in [-0.3, -0.25) is 0 Å². The second-order valence-electron chi connectivity index (χ2n) is 5.08. The monoisotopic (exact) mass is 314 g/mol. The zero-order valence-corrected chi connectivity index (χ0v) is 13.1. The van der Waals surface area contributed by atoms with Crippen molar-refractivity contribution in [3.63, 3.8) is 0 Å². The van der Waals surface area contributed by atoms with Gasteiger partial charge in [-0.25, -0.2) is 0 Å². The van der Waals surface area contributed by atoms with E-state index in [4.69, 9.17) is 20.9 Å². The summed E-state index contributed by atoms with van der Waals surface area (Å²) in [6.45, 7) is 4.21. The molecule has 2 aromatic carbocycles. The fraction of sp³-hybridized carbons (Fsp3) is 0.176. The SMILES string of the molecule is Cc1ccc(-c2nc(COc3ccc(Cl)c(C)c3)no2)cc1. The number of hydrogen-bond donors (Lipinski definition) is 0. The minimum atomic E-state index is 0.246. The van der Waals surface area contributed by atoms with Crippen LogP contribution >= 0.6 is 11.6 Å². The smallest absolute Gasteiger partial charge is 0.258 e. The lowest BCUT2D eigenvalue weighted by molar-refractivity contribution is 0.287. The van der Waals surface area contributed by atoms with Gasteiger partial charge in [0, 0.05) is 10.6 Å². The van der Waals surface area contributed by atoms with E-state index >= 15 is 0 Å². The Labute approximate surface area is 133 Å². The lowest BCUT2D eigenvalue weighted by Gasteiger charge is -2.05. The molecule has 0 amide bonds. The summed E-state index contributed by atoms with van der Waals surface area (Å²) < 4.78 is 10.9. The van der Waals surface area contributed by atoms with Crippen molar-refractivity contribution in [2.45, 2.75) is 20.5 Å². The molecule has 0 spiro atoms. The number of nitrogens with zero attached hydrogens (tertiary/aromatic N) is 2. The van der Waals surface area contributed by atoms with Gasteiger partial charge in [0.15, 0.2) is 6.61 Å². The van der Waals surface area contributed by atoms with E-state index in [1.165, 1.54) is 5.56 Å². The highest BCUT2D eigenvalue weighted by molar-refractivity contribution is 6.31. The molecule has 0 N–H and O–H groups in total. The van der Waals surface area contributed by atoms with E-state index in [1.54, 1.807) is 6.07 Å². The Morgan fingerprint density at radius 2 is 1.86 bits per heavy atom. The van der Waals surface area contributed by atoms with Crippen molar-refractivity contribution in [3.05, 3.63) is 64.4 Å². The van der Waals surface area contributed by atoms with E-state index in [9.17, 15) is 0 Å². The number of aromatic nitrogens is 2. The Bertz CT molecular complexity index is 782. The number of aryl methyl sites for hydroxylation is 2. The summed E-state index contributed by atoms with van der Waals surface area (Å²) in [5.41, 5.74) is 3.05. The van der Waals surface area contributed by atoms with E-state index in [2.05, 4.69) is 10.1 Å².